The van der Waals surface area contributed by atoms with Crippen LogP contribution in [-0.4, -0.2) is 228 Å². The Hall–Kier alpha value is -6.15. The summed E-state index contributed by atoms with van der Waals surface area (Å²) in [7, 11) is 1.59. The summed E-state index contributed by atoms with van der Waals surface area (Å²) in [4.78, 5) is 84.3. The van der Waals surface area contributed by atoms with Crippen molar-refractivity contribution in [2.45, 2.75) is 66.0 Å². The molecule has 5 heterocycles. The quantitative estimate of drug-likeness (QED) is 0.118. The van der Waals surface area contributed by atoms with Gasteiger partial charge in [-0.15, -0.1) is 0 Å². The molecular weight excluding hydrogens is 984 g/mol. The van der Waals surface area contributed by atoms with Crippen LogP contribution in [0.2, 0.25) is 5.02 Å². The summed E-state index contributed by atoms with van der Waals surface area (Å²) >= 11 is 6.59. The number of hydrogen-bond acceptors (Lipinski definition) is 16. The molecule has 0 saturated carbocycles. The van der Waals surface area contributed by atoms with E-state index in [1.807, 2.05) is 42.7 Å². The first kappa shape index (κ1) is 61.4. The highest BCUT2D eigenvalue weighted by molar-refractivity contribution is 6.36. The Kier molecular flexibility index (Phi) is 26.5. The smallest absolute Gasteiger partial charge is 0.318 e. The second-order valence-corrected chi connectivity index (χ2v) is 18.9. The van der Waals surface area contributed by atoms with Gasteiger partial charge in [0.2, 0.25) is 11.8 Å². The van der Waals surface area contributed by atoms with Gasteiger partial charge < -0.3 is 45.0 Å². The monoisotopic (exact) mass is 1060 g/mol. The molecule has 4 aliphatic rings. The highest BCUT2D eigenvalue weighted by Gasteiger charge is 2.30. The lowest BCUT2D eigenvalue weighted by molar-refractivity contribution is -0.140. The van der Waals surface area contributed by atoms with E-state index < -0.39 is 17.9 Å². The first-order valence-corrected chi connectivity index (χ1v) is 26.4. The fourth-order valence-corrected chi connectivity index (χ4v) is 9.94. The zero-order chi connectivity index (χ0) is 54.9. The van der Waals surface area contributed by atoms with Crippen LogP contribution in [0.25, 0.3) is 10.8 Å². The summed E-state index contributed by atoms with van der Waals surface area (Å²) in [5.41, 5.74) is 3.23. The number of carbonyl (C=O) groups excluding carboxylic acids is 2. The van der Waals surface area contributed by atoms with Gasteiger partial charge in [-0.05, 0) is 75.8 Å². The van der Waals surface area contributed by atoms with Gasteiger partial charge in [0, 0.05) is 115 Å². The van der Waals surface area contributed by atoms with Crippen molar-refractivity contribution in [1.29, 1.82) is 5.26 Å². The number of aliphatic carboxylic acids is 3. The SMILES string of the molecule is C=CC(=O)N1CCN(c2nc(OC)nc3c2CCN(c2cccc4cccc(Cl)c24)C3)CC1.CC.CC#N.C[C@@H]1CN(CC(=O)O)CCN(CC(=O)O)CCN(CC(=O)O)CCN1CC(=O)NCCCN1CCCC1. The summed E-state index contributed by atoms with van der Waals surface area (Å²) in [6.45, 7) is 21.1. The number of nitrogens with zero attached hydrogens (tertiary/aromatic N) is 11. The molecule has 22 heteroatoms. The average molecular weight is 1060 g/mol. The Balaban J connectivity index is 0.000000300. The molecule has 412 valence electrons. The summed E-state index contributed by atoms with van der Waals surface area (Å²) in [5, 5.41) is 41.3. The van der Waals surface area contributed by atoms with Crippen LogP contribution in [0.3, 0.4) is 0 Å². The number of nitrogens with one attached hydrogen (secondary N) is 1. The van der Waals surface area contributed by atoms with Gasteiger partial charge in [0.1, 0.15) is 5.82 Å². The summed E-state index contributed by atoms with van der Waals surface area (Å²) in [5.74, 6) is -2.16. The average Bonchev–Trinajstić information content (AvgIpc) is 3.92. The normalized spacial score (nSPS) is 18.2. The van der Waals surface area contributed by atoms with Crippen LogP contribution in [0, 0.1) is 11.3 Å². The van der Waals surface area contributed by atoms with Crippen molar-refractivity contribution in [3.8, 4) is 12.1 Å². The Bertz CT molecular complexity index is 2370. The fourth-order valence-electron chi connectivity index (χ4n) is 9.66. The fraction of sp³-hybridized carbons (Fsp3) is 0.585. The highest BCUT2D eigenvalue weighted by atomic mass is 35.5. The van der Waals surface area contributed by atoms with Crippen LogP contribution in [0.4, 0.5) is 11.5 Å². The lowest BCUT2D eigenvalue weighted by atomic mass is 10.0. The lowest BCUT2D eigenvalue weighted by Crippen LogP contribution is -2.53. The molecule has 1 atom stereocenters. The number of hydrogen-bond donors (Lipinski definition) is 4. The maximum absolute atomic E-state index is 12.7. The zero-order valence-electron chi connectivity index (χ0n) is 44.6. The Morgan fingerprint density at radius 2 is 1.36 bits per heavy atom. The van der Waals surface area contributed by atoms with E-state index in [2.05, 4.69) is 50.9 Å². The third kappa shape index (κ3) is 19.8. The van der Waals surface area contributed by atoms with Crippen LogP contribution >= 0.6 is 11.6 Å². The summed E-state index contributed by atoms with van der Waals surface area (Å²) < 4.78 is 5.45. The second kappa shape index (κ2) is 32.3. The third-order valence-corrected chi connectivity index (χ3v) is 13.7. The molecule has 3 aromatic rings. The molecule has 4 N–H and O–H groups in total. The Morgan fingerprint density at radius 3 is 1.95 bits per heavy atom. The molecule has 2 aromatic carbocycles. The van der Waals surface area contributed by atoms with E-state index in [0.29, 0.717) is 78.0 Å². The Morgan fingerprint density at radius 1 is 0.787 bits per heavy atom. The predicted octanol–water partition coefficient (Wildman–Crippen LogP) is 3.70. The molecule has 1 aromatic heterocycles. The number of piperazine rings is 1. The number of carbonyl (C=O) groups is 5. The van der Waals surface area contributed by atoms with E-state index in [0.717, 1.165) is 90.7 Å². The minimum Gasteiger partial charge on any atom is -0.480 e. The number of likely N-dealkylation sites (tertiary alicyclic amines) is 1. The largest absolute Gasteiger partial charge is 0.480 e. The molecule has 75 heavy (non-hydrogen) atoms. The van der Waals surface area contributed by atoms with Crippen molar-refractivity contribution in [1.82, 2.24) is 44.7 Å². The van der Waals surface area contributed by atoms with E-state index >= 15 is 0 Å². The standard InChI is InChI=1S/C25H26ClN5O2.C24H44N6O7.C2H3N.C2H6/c1-3-22(32)29-12-14-30(15-13-29)24-18-10-11-31(16-20(18)27-25(28-24)33-2)21-9-5-7-17-6-4-8-19(26)23(17)21;1-20-15-29(19-24(36)37)12-11-27(17-22(32)33)9-10-28(18-23(34)35)13-14-30(20)16-21(31)25-5-4-8-26-6-2-3-7-26;1-2-3;1-2/h3-9H,1,10-16H2,2H3;20H,2-19H2,1H3,(H,25,31)(H,32,33)(H,34,35)(H,36,37);1H3;1-2H3/t;20-;;/m.1../s1. The van der Waals surface area contributed by atoms with E-state index in [1.165, 1.54) is 25.8 Å². The lowest BCUT2D eigenvalue weighted by Gasteiger charge is -2.38. The number of ether oxygens (including phenoxy) is 1. The van der Waals surface area contributed by atoms with Gasteiger partial charge in [-0.3, -0.25) is 43.6 Å². The number of rotatable bonds is 16. The number of anilines is 2. The molecule has 21 nitrogen and oxygen atoms in total. The van der Waals surface area contributed by atoms with Crippen LogP contribution in [0.5, 0.6) is 6.01 Å². The van der Waals surface area contributed by atoms with Crippen LogP contribution < -0.4 is 19.9 Å². The minimum absolute atomic E-state index is 0.0265. The first-order chi connectivity index (χ1) is 36.1. The van der Waals surface area contributed by atoms with Gasteiger partial charge in [-0.2, -0.15) is 15.2 Å². The van der Waals surface area contributed by atoms with Crippen molar-refractivity contribution >= 4 is 63.6 Å². The van der Waals surface area contributed by atoms with Crippen LogP contribution in [0.15, 0.2) is 49.1 Å². The van der Waals surface area contributed by atoms with Gasteiger partial charge in [0.15, 0.2) is 0 Å². The molecule has 0 unspecified atom stereocenters. The van der Waals surface area contributed by atoms with E-state index in [-0.39, 0.29) is 44.0 Å². The van der Waals surface area contributed by atoms with E-state index in [9.17, 15) is 39.3 Å². The summed E-state index contributed by atoms with van der Waals surface area (Å²) in [6, 6.07) is 14.2. The van der Waals surface area contributed by atoms with Crippen molar-refractivity contribution in [2.75, 3.05) is 148 Å². The number of benzene rings is 2. The van der Waals surface area contributed by atoms with E-state index in [4.69, 9.17) is 31.6 Å². The first-order valence-electron chi connectivity index (χ1n) is 26.0. The third-order valence-electron chi connectivity index (χ3n) is 13.4. The number of halogens is 1. The van der Waals surface area contributed by atoms with Gasteiger partial charge in [-0.25, -0.2) is 0 Å². The van der Waals surface area contributed by atoms with Gasteiger partial charge in [0.05, 0.1) is 56.6 Å². The van der Waals surface area contributed by atoms with Crippen molar-refractivity contribution in [3.05, 3.63) is 65.3 Å². The zero-order valence-corrected chi connectivity index (χ0v) is 45.3. The van der Waals surface area contributed by atoms with Crippen molar-refractivity contribution in [3.63, 3.8) is 0 Å². The molecule has 7 rings (SSSR count). The molecule has 3 fully saturated rings. The van der Waals surface area contributed by atoms with Crippen LogP contribution in [-0.2, 0) is 36.9 Å². The predicted molar refractivity (Wildman–Crippen MR) is 290 cm³/mol. The van der Waals surface area contributed by atoms with E-state index in [1.54, 1.807) is 27.9 Å². The maximum atomic E-state index is 12.7. The number of nitriles is 1. The minimum atomic E-state index is -0.993. The number of carboxylic acids is 3. The van der Waals surface area contributed by atoms with Crippen LogP contribution in [0.1, 0.15) is 58.2 Å². The number of aromatic nitrogens is 2. The van der Waals surface area contributed by atoms with Gasteiger partial charge in [0.25, 0.3) is 0 Å². The van der Waals surface area contributed by atoms with Crippen molar-refractivity contribution in [2.24, 2.45) is 0 Å². The number of methoxy groups -OCH3 is 1. The Labute approximate surface area is 447 Å². The molecule has 0 bridgehead atoms. The maximum Gasteiger partial charge on any atom is 0.318 e. The molecule has 0 radical (unpaired) electrons. The number of carboxylic acid groups (broad SMARTS) is 3. The number of fused-ring (bicyclic) bond motifs is 2. The molecular formula is C53H79ClN12O9. The highest BCUT2D eigenvalue weighted by Crippen LogP contribution is 2.37. The second-order valence-electron chi connectivity index (χ2n) is 18.5. The molecule has 0 spiro atoms. The number of amides is 2. The van der Waals surface area contributed by atoms with Gasteiger partial charge in [-0.1, -0.05) is 56.3 Å². The molecule has 0 aliphatic carbocycles. The van der Waals surface area contributed by atoms with Crippen molar-refractivity contribution < 1.29 is 44.0 Å². The van der Waals surface area contributed by atoms with Gasteiger partial charge >= 0.3 is 23.9 Å². The topological polar surface area (TPSA) is 243 Å². The molecule has 2 amide bonds. The molecule has 4 aliphatic heterocycles. The molecule has 3 saturated heterocycles. The summed E-state index contributed by atoms with van der Waals surface area (Å²) in [6.07, 6.45) is 5.54.